The first-order chi connectivity index (χ1) is 22.4. The fourth-order valence-corrected chi connectivity index (χ4v) is 5.94. The number of hydrogen-bond acceptors (Lipinski definition) is 9. The van der Waals surface area contributed by atoms with Gasteiger partial charge in [0.2, 0.25) is 0 Å². The van der Waals surface area contributed by atoms with E-state index in [1.807, 2.05) is 54.7 Å². The lowest BCUT2D eigenvalue weighted by atomic mass is 10.1. The molecule has 0 saturated carbocycles. The Balaban J connectivity index is 1.35. The van der Waals surface area contributed by atoms with Gasteiger partial charge in [-0.25, -0.2) is 9.48 Å². The second-order valence-corrected chi connectivity index (χ2v) is 11.9. The van der Waals surface area contributed by atoms with Crippen molar-refractivity contribution in [3.8, 4) is 33.5 Å². The molecule has 11 nitrogen and oxygen atoms in total. The normalized spacial score (nSPS) is 13.0. The molecule has 4 heterocycles. The molecule has 0 N–H and O–H groups in total. The van der Waals surface area contributed by atoms with E-state index in [9.17, 15) is 9.59 Å². The second-order valence-electron chi connectivity index (χ2n) is 10.3. The molecule has 1 aliphatic rings. The number of amides is 2. The molecule has 236 valence electrons. The van der Waals surface area contributed by atoms with E-state index in [2.05, 4.69) is 4.98 Å². The molecular formula is C33H30ClN5O6S. The van der Waals surface area contributed by atoms with Crippen molar-refractivity contribution in [3.63, 3.8) is 0 Å². The number of methoxy groups -OCH3 is 2. The highest BCUT2D eigenvalue weighted by atomic mass is 35.5. The van der Waals surface area contributed by atoms with Gasteiger partial charge >= 0.3 is 6.09 Å². The Hall–Kier alpha value is -4.91. The zero-order valence-corrected chi connectivity index (χ0v) is 26.7. The summed E-state index contributed by atoms with van der Waals surface area (Å²) in [6.07, 6.45) is 4.71. The Bertz CT molecular complexity index is 1830. The summed E-state index contributed by atoms with van der Waals surface area (Å²) < 4.78 is 24.3. The minimum atomic E-state index is -0.565. The van der Waals surface area contributed by atoms with Gasteiger partial charge in [-0.15, -0.1) is 0 Å². The van der Waals surface area contributed by atoms with Crippen molar-refractivity contribution < 1.29 is 28.5 Å². The Morgan fingerprint density at radius 2 is 1.74 bits per heavy atom. The van der Waals surface area contributed by atoms with Crippen LogP contribution in [-0.4, -0.2) is 65.6 Å². The van der Waals surface area contributed by atoms with Crippen LogP contribution in [0, 0.1) is 0 Å². The lowest BCUT2D eigenvalue weighted by molar-refractivity contribution is -0.125. The molecule has 0 aliphatic carbocycles. The molecule has 0 unspecified atom stereocenters. The smallest absolute Gasteiger partial charge is 0.416 e. The quantitative estimate of drug-likeness (QED) is 0.174. The molecule has 0 radical (unpaired) electrons. The molecular weight excluding hydrogens is 630 g/mol. The van der Waals surface area contributed by atoms with E-state index in [-0.39, 0.29) is 25.6 Å². The summed E-state index contributed by atoms with van der Waals surface area (Å²) >= 11 is 7.28. The molecule has 0 atom stereocenters. The van der Waals surface area contributed by atoms with Gasteiger partial charge < -0.3 is 23.8 Å². The minimum Gasteiger partial charge on any atom is -0.497 e. The number of benzene rings is 2. The lowest BCUT2D eigenvalue weighted by Gasteiger charge is -2.26. The fourth-order valence-electron chi connectivity index (χ4n) is 5.07. The van der Waals surface area contributed by atoms with Crippen LogP contribution in [0.1, 0.15) is 11.1 Å². The van der Waals surface area contributed by atoms with Crippen LogP contribution >= 0.6 is 22.9 Å². The Kier molecular flexibility index (Phi) is 9.48. The van der Waals surface area contributed by atoms with E-state index in [0.29, 0.717) is 39.7 Å². The number of nitrogens with zero attached hydrogens (tertiary/aromatic N) is 5. The number of halogens is 1. The van der Waals surface area contributed by atoms with Gasteiger partial charge in [-0.05, 0) is 60.7 Å². The number of aromatic nitrogens is 3. The summed E-state index contributed by atoms with van der Waals surface area (Å²) in [5.41, 5.74) is 4.61. The van der Waals surface area contributed by atoms with E-state index >= 15 is 0 Å². The predicted octanol–water partition coefficient (Wildman–Crippen LogP) is 6.23. The summed E-state index contributed by atoms with van der Waals surface area (Å²) in [6.45, 7) is 1.39. The SMILES string of the molecule is COc1ccc(CN(Cc2cn(-c3ccc(N4CCOCC4=O)cc3)nc2-c2ccncc2)C(=O)Oc2ccc(Cl)s2)c(OC)c1. The average Bonchev–Trinajstić information content (AvgIpc) is 3.70. The molecule has 1 fully saturated rings. The second kappa shape index (κ2) is 14.0. The van der Waals surface area contributed by atoms with Crippen LogP contribution in [0.5, 0.6) is 16.6 Å². The van der Waals surface area contributed by atoms with Crippen LogP contribution in [-0.2, 0) is 22.6 Å². The predicted molar refractivity (Wildman–Crippen MR) is 174 cm³/mol. The molecule has 2 amide bonds. The van der Waals surface area contributed by atoms with Gasteiger partial charge in [-0.2, -0.15) is 5.10 Å². The highest BCUT2D eigenvalue weighted by molar-refractivity contribution is 7.17. The van der Waals surface area contributed by atoms with Crippen LogP contribution in [0.15, 0.2) is 85.3 Å². The van der Waals surface area contributed by atoms with Gasteiger partial charge in [0.25, 0.3) is 5.91 Å². The molecule has 46 heavy (non-hydrogen) atoms. The van der Waals surface area contributed by atoms with E-state index in [1.54, 1.807) is 59.3 Å². The van der Waals surface area contributed by atoms with Crippen molar-refractivity contribution in [2.45, 2.75) is 13.1 Å². The molecule has 1 saturated heterocycles. The third-order valence-electron chi connectivity index (χ3n) is 7.37. The number of carbonyl (C=O) groups is 2. The molecule has 5 aromatic rings. The van der Waals surface area contributed by atoms with Gasteiger partial charge in [0.1, 0.15) is 18.1 Å². The molecule has 6 rings (SSSR count). The lowest BCUT2D eigenvalue weighted by Crippen LogP contribution is -2.41. The molecule has 1 aliphatic heterocycles. The number of rotatable bonds is 10. The van der Waals surface area contributed by atoms with Crippen LogP contribution in [0.4, 0.5) is 10.5 Å². The number of hydrogen-bond donors (Lipinski definition) is 0. The van der Waals surface area contributed by atoms with Crippen LogP contribution in [0.3, 0.4) is 0 Å². The Labute approximate surface area is 274 Å². The minimum absolute atomic E-state index is 0.0699. The number of ether oxygens (including phenoxy) is 4. The van der Waals surface area contributed by atoms with Crippen LogP contribution in [0.2, 0.25) is 4.34 Å². The summed E-state index contributed by atoms with van der Waals surface area (Å²) in [4.78, 5) is 33.5. The van der Waals surface area contributed by atoms with Crippen molar-refractivity contribution in [2.75, 3.05) is 38.9 Å². The highest BCUT2D eigenvalue weighted by Crippen LogP contribution is 2.32. The van der Waals surface area contributed by atoms with E-state index in [1.165, 1.54) is 11.3 Å². The number of thiophene rings is 1. The van der Waals surface area contributed by atoms with Gasteiger partial charge in [0.05, 0.1) is 49.6 Å². The van der Waals surface area contributed by atoms with Gasteiger partial charge in [0.15, 0.2) is 5.06 Å². The van der Waals surface area contributed by atoms with E-state index in [0.717, 1.165) is 28.1 Å². The van der Waals surface area contributed by atoms with Crippen molar-refractivity contribution >= 4 is 40.6 Å². The number of pyridine rings is 1. The summed E-state index contributed by atoms with van der Waals surface area (Å²) in [5, 5.41) is 5.30. The zero-order chi connectivity index (χ0) is 32.0. The van der Waals surface area contributed by atoms with Crippen molar-refractivity contribution in [1.29, 1.82) is 0 Å². The Morgan fingerprint density at radius 1 is 0.978 bits per heavy atom. The maximum Gasteiger partial charge on any atom is 0.416 e. The molecule has 13 heteroatoms. The molecule has 3 aromatic heterocycles. The summed E-state index contributed by atoms with van der Waals surface area (Å²) in [6, 6.07) is 20.1. The third-order valence-corrected chi connectivity index (χ3v) is 8.48. The fraction of sp³-hybridized carbons (Fsp3) is 0.212. The molecule has 0 bridgehead atoms. The first-order valence-electron chi connectivity index (χ1n) is 14.3. The summed E-state index contributed by atoms with van der Waals surface area (Å²) in [5.74, 6) is 1.12. The van der Waals surface area contributed by atoms with Crippen molar-refractivity contribution in [3.05, 3.63) is 101 Å². The van der Waals surface area contributed by atoms with Gasteiger partial charge in [-0.1, -0.05) is 22.9 Å². The standard InChI is InChI=1S/C33H30ClN5O6S/c1-42-27-8-3-23(28(17-27)43-2)18-37(33(41)45-31-10-9-29(34)46-31)19-24-20-39(36-32(24)22-11-13-35-14-12-22)26-6-4-25(5-7-26)38-15-16-44-21-30(38)40/h3-14,17,20H,15-16,18-19,21H2,1-2H3. The monoisotopic (exact) mass is 659 g/mol. The number of anilines is 1. The third kappa shape index (κ3) is 6.99. The van der Waals surface area contributed by atoms with Gasteiger partial charge in [-0.3, -0.25) is 14.7 Å². The average molecular weight is 660 g/mol. The largest absolute Gasteiger partial charge is 0.497 e. The first kappa shape index (κ1) is 31.1. The van der Waals surface area contributed by atoms with Crippen molar-refractivity contribution in [1.82, 2.24) is 19.7 Å². The highest BCUT2D eigenvalue weighted by Gasteiger charge is 2.24. The van der Waals surface area contributed by atoms with E-state index in [4.69, 9.17) is 35.6 Å². The van der Waals surface area contributed by atoms with Crippen LogP contribution < -0.4 is 19.1 Å². The number of morpholine rings is 1. The molecule has 0 spiro atoms. The Morgan fingerprint density at radius 3 is 2.43 bits per heavy atom. The maximum atomic E-state index is 13.7. The van der Waals surface area contributed by atoms with Gasteiger partial charge in [0, 0.05) is 53.6 Å². The topological polar surface area (TPSA) is 108 Å². The van der Waals surface area contributed by atoms with Crippen molar-refractivity contribution in [2.24, 2.45) is 0 Å². The first-order valence-corrected chi connectivity index (χ1v) is 15.5. The zero-order valence-electron chi connectivity index (χ0n) is 25.1. The maximum absolute atomic E-state index is 13.7. The molecule has 2 aromatic carbocycles. The van der Waals surface area contributed by atoms with E-state index < -0.39 is 6.09 Å². The number of carbonyl (C=O) groups excluding carboxylic acids is 2. The summed E-state index contributed by atoms with van der Waals surface area (Å²) in [7, 11) is 3.15. The van der Waals surface area contributed by atoms with Crippen LogP contribution in [0.25, 0.3) is 16.9 Å².